The van der Waals surface area contributed by atoms with E-state index in [1.165, 1.54) is 13.8 Å². The standard InChI is InChI=1S/C16H34O4S2/c1-5-7-9-11-13-15(3)21(17,18)22(19,20)16(4)14-12-10-8-6-2/h15-16H,5-14H2,1-4H3. The second kappa shape index (κ2) is 10.6. The van der Waals surface area contributed by atoms with Gasteiger partial charge in [0.25, 0.3) is 17.7 Å². The normalized spacial score (nSPS) is 15.6. The van der Waals surface area contributed by atoms with Gasteiger partial charge in [0.2, 0.25) is 0 Å². The molecule has 0 saturated heterocycles. The van der Waals surface area contributed by atoms with E-state index in [0.717, 1.165) is 51.4 Å². The van der Waals surface area contributed by atoms with E-state index in [0.29, 0.717) is 12.8 Å². The number of hydrogen-bond donors (Lipinski definition) is 0. The summed E-state index contributed by atoms with van der Waals surface area (Å²) in [6.07, 6.45) is 8.62. The summed E-state index contributed by atoms with van der Waals surface area (Å²) in [5, 5.41) is -1.60. The molecule has 0 aliphatic rings. The number of hydrogen-bond acceptors (Lipinski definition) is 4. The van der Waals surface area contributed by atoms with Crippen LogP contribution in [0.3, 0.4) is 0 Å². The average Bonchev–Trinajstić information content (AvgIpc) is 2.47. The van der Waals surface area contributed by atoms with Crippen molar-refractivity contribution in [2.75, 3.05) is 0 Å². The minimum atomic E-state index is -4.10. The van der Waals surface area contributed by atoms with Crippen LogP contribution in [-0.4, -0.2) is 27.3 Å². The molecule has 2 unspecified atom stereocenters. The maximum Gasteiger partial charge on any atom is 0.256 e. The predicted molar refractivity (Wildman–Crippen MR) is 94.3 cm³/mol. The molecule has 6 heteroatoms. The molecule has 0 aromatic carbocycles. The van der Waals surface area contributed by atoms with Crippen LogP contribution < -0.4 is 0 Å². The van der Waals surface area contributed by atoms with Crippen LogP contribution >= 0.6 is 0 Å². The van der Waals surface area contributed by atoms with Crippen LogP contribution in [0.15, 0.2) is 0 Å². The van der Waals surface area contributed by atoms with Crippen molar-refractivity contribution in [1.82, 2.24) is 0 Å². The van der Waals surface area contributed by atoms with Gasteiger partial charge in [-0.05, 0) is 26.7 Å². The fourth-order valence-corrected chi connectivity index (χ4v) is 7.62. The highest BCUT2D eigenvalue weighted by atomic mass is 33.2. The van der Waals surface area contributed by atoms with E-state index in [1.807, 2.05) is 0 Å². The first-order valence-electron chi connectivity index (χ1n) is 8.69. The van der Waals surface area contributed by atoms with Crippen molar-refractivity contribution in [3.05, 3.63) is 0 Å². The molecule has 0 aromatic heterocycles. The average molecular weight is 355 g/mol. The molecule has 0 heterocycles. The van der Waals surface area contributed by atoms with E-state index < -0.39 is 28.2 Å². The second-order valence-corrected chi connectivity index (χ2v) is 12.7. The van der Waals surface area contributed by atoms with Crippen LogP contribution in [0.5, 0.6) is 0 Å². The van der Waals surface area contributed by atoms with Crippen molar-refractivity contribution in [3.8, 4) is 0 Å². The first kappa shape index (κ1) is 21.9. The molecule has 0 amide bonds. The van der Waals surface area contributed by atoms with Crippen LogP contribution in [0.2, 0.25) is 0 Å². The molecule has 0 saturated carbocycles. The lowest BCUT2D eigenvalue weighted by molar-refractivity contribution is 0.550. The number of rotatable bonds is 13. The summed E-state index contributed by atoms with van der Waals surface area (Å²) in [7, 11) is -8.19. The maximum absolute atomic E-state index is 12.4. The molecule has 0 rings (SSSR count). The van der Waals surface area contributed by atoms with Crippen molar-refractivity contribution in [1.29, 1.82) is 0 Å². The summed E-state index contributed by atoms with van der Waals surface area (Å²) >= 11 is 0. The largest absolute Gasteiger partial charge is 0.256 e. The molecule has 0 spiro atoms. The monoisotopic (exact) mass is 354 g/mol. The Kier molecular flexibility index (Phi) is 10.6. The van der Waals surface area contributed by atoms with Gasteiger partial charge < -0.3 is 0 Å². The Bertz CT molecular complexity index is 434. The highest BCUT2D eigenvalue weighted by molar-refractivity contribution is 8.67. The lowest BCUT2D eigenvalue weighted by Crippen LogP contribution is -2.33. The molecule has 0 aliphatic carbocycles. The summed E-state index contributed by atoms with van der Waals surface area (Å²) in [5.41, 5.74) is 0. The van der Waals surface area contributed by atoms with Gasteiger partial charge in [-0.1, -0.05) is 65.2 Å². The molecule has 2 atom stereocenters. The van der Waals surface area contributed by atoms with Crippen molar-refractivity contribution in [2.45, 2.75) is 102 Å². The zero-order valence-electron chi connectivity index (χ0n) is 14.7. The van der Waals surface area contributed by atoms with Gasteiger partial charge in [0.1, 0.15) is 0 Å². The highest BCUT2D eigenvalue weighted by Crippen LogP contribution is 2.23. The predicted octanol–water partition coefficient (Wildman–Crippen LogP) is 4.45. The second-order valence-electron chi connectivity index (χ2n) is 6.31. The van der Waals surface area contributed by atoms with E-state index in [-0.39, 0.29) is 0 Å². The van der Waals surface area contributed by atoms with Crippen LogP contribution in [0, 0.1) is 0 Å². The Labute approximate surface area is 137 Å². The van der Waals surface area contributed by atoms with Crippen molar-refractivity contribution < 1.29 is 16.8 Å². The van der Waals surface area contributed by atoms with E-state index in [1.54, 1.807) is 0 Å². The molecule has 0 bridgehead atoms. The Hall–Kier alpha value is -0.100. The third-order valence-corrected chi connectivity index (χ3v) is 11.2. The van der Waals surface area contributed by atoms with Gasteiger partial charge in [-0.25, -0.2) is 16.8 Å². The van der Waals surface area contributed by atoms with E-state index in [4.69, 9.17) is 0 Å². The summed E-state index contributed by atoms with van der Waals surface area (Å²) in [6.45, 7) is 7.24. The summed E-state index contributed by atoms with van der Waals surface area (Å²) in [5.74, 6) is 0. The molecule has 22 heavy (non-hydrogen) atoms. The minimum absolute atomic E-state index is 0.435. The van der Waals surface area contributed by atoms with Crippen LogP contribution in [0.1, 0.15) is 91.9 Å². The fourth-order valence-electron chi connectivity index (χ4n) is 2.46. The molecular weight excluding hydrogens is 320 g/mol. The smallest absolute Gasteiger partial charge is 0.212 e. The highest BCUT2D eigenvalue weighted by Gasteiger charge is 2.38. The van der Waals surface area contributed by atoms with Crippen molar-refractivity contribution in [3.63, 3.8) is 0 Å². The van der Waals surface area contributed by atoms with Gasteiger partial charge in [-0.2, -0.15) is 0 Å². The van der Waals surface area contributed by atoms with Gasteiger partial charge in [-0.15, -0.1) is 0 Å². The first-order chi connectivity index (χ1) is 10.2. The van der Waals surface area contributed by atoms with Crippen LogP contribution in [0.25, 0.3) is 0 Å². The Balaban J connectivity index is 4.64. The van der Waals surface area contributed by atoms with Crippen LogP contribution in [-0.2, 0) is 17.7 Å². The Morgan fingerprint density at radius 3 is 1.18 bits per heavy atom. The molecule has 134 valence electrons. The molecule has 0 aliphatic heterocycles. The minimum Gasteiger partial charge on any atom is -0.212 e. The maximum atomic E-state index is 12.4. The summed E-state index contributed by atoms with van der Waals surface area (Å²) < 4.78 is 49.4. The molecule has 0 N–H and O–H groups in total. The van der Waals surface area contributed by atoms with Crippen molar-refractivity contribution >= 4 is 17.7 Å². The van der Waals surface area contributed by atoms with Gasteiger partial charge in [0, 0.05) is 0 Å². The quantitative estimate of drug-likeness (QED) is 0.362. The van der Waals surface area contributed by atoms with Gasteiger partial charge in [0.05, 0.1) is 10.5 Å². The fraction of sp³-hybridized carbons (Fsp3) is 1.00. The van der Waals surface area contributed by atoms with Gasteiger partial charge in [-0.3, -0.25) is 0 Å². The van der Waals surface area contributed by atoms with Gasteiger partial charge in [0.15, 0.2) is 0 Å². The lowest BCUT2D eigenvalue weighted by Gasteiger charge is -2.17. The van der Waals surface area contributed by atoms with E-state index >= 15 is 0 Å². The Morgan fingerprint density at radius 1 is 0.591 bits per heavy atom. The molecule has 4 nitrogen and oxygen atoms in total. The zero-order chi connectivity index (χ0) is 17.2. The molecule has 0 aromatic rings. The SMILES string of the molecule is CCCCCCC(C)S(=O)(=O)S(=O)(=O)C(C)CCCCCC. The lowest BCUT2D eigenvalue weighted by atomic mass is 10.1. The Morgan fingerprint density at radius 2 is 0.909 bits per heavy atom. The van der Waals surface area contributed by atoms with Crippen molar-refractivity contribution in [2.24, 2.45) is 0 Å². The summed E-state index contributed by atoms with van der Waals surface area (Å²) in [4.78, 5) is 0. The number of unbranched alkanes of at least 4 members (excludes halogenated alkanes) is 6. The molecule has 0 radical (unpaired) electrons. The topological polar surface area (TPSA) is 68.3 Å². The molecular formula is C16H34O4S2. The van der Waals surface area contributed by atoms with Gasteiger partial charge >= 0.3 is 0 Å². The van der Waals surface area contributed by atoms with E-state index in [9.17, 15) is 16.8 Å². The zero-order valence-corrected chi connectivity index (χ0v) is 16.3. The molecule has 0 fully saturated rings. The third-order valence-electron chi connectivity index (χ3n) is 4.24. The summed E-state index contributed by atoms with van der Waals surface area (Å²) in [6, 6.07) is 0. The first-order valence-corrected chi connectivity index (χ1v) is 12.3. The third kappa shape index (κ3) is 6.57. The van der Waals surface area contributed by atoms with Crippen LogP contribution in [0.4, 0.5) is 0 Å². The van der Waals surface area contributed by atoms with E-state index in [2.05, 4.69) is 13.8 Å².